The Hall–Kier alpha value is -1.73. The SMILES string of the molecule is CCC1CC(C#N)(Nc2ccc(OC)cc2)CCO1. The predicted molar refractivity (Wildman–Crippen MR) is 74.2 cm³/mol. The lowest BCUT2D eigenvalue weighted by Gasteiger charge is -2.36. The number of rotatable bonds is 4. The monoisotopic (exact) mass is 260 g/mol. The zero-order chi connectivity index (χ0) is 13.7. The number of ether oxygens (including phenoxy) is 2. The number of hydrogen-bond donors (Lipinski definition) is 1. The van der Waals surface area contributed by atoms with E-state index in [1.165, 1.54) is 0 Å². The standard InChI is InChI=1S/C15H20N2O2/c1-3-13-10-15(11-16,8-9-19-13)17-12-4-6-14(18-2)7-5-12/h4-7,13,17H,3,8-10H2,1-2H3. The van der Waals surface area contributed by atoms with Gasteiger partial charge in [0.2, 0.25) is 0 Å². The fourth-order valence-corrected chi connectivity index (χ4v) is 2.41. The molecule has 2 rings (SSSR count). The molecule has 19 heavy (non-hydrogen) atoms. The van der Waals surface area contributed by atoms with E-state index < -0.39 is 5.54 Å². The maximum absolute atomic E-state index is 9.52. The van der Waals surface area contributed by atoms with Crippen LogP contribution < -0.4 is 10.1 Å². The van der Waals surface area contributed by atoms with Gasteiger partial charge in [0.05, 0.1) is 25.9 Å². The molecule has 4 nitrogen and oxygen atoms in total. The van der Waals surface area contributed by atoms with E-state index in [1.54, 1.807) is 7.11 Å². The molecule has 1 N–H and O–H groups in total. The summed E-state index contributed by atoms with van der Waals surface area (Å²) in [7, 11) is 1.64. The third-order valence-electron chi connectivity index (χ3n) is 3.60. The second-order valence-electron chi connectivity index (χ2n) is 4.90. The normalized spacial score (nSPS) is 26.5. The molecule has 0 spiro atoms. The van der Waals surface area contributed by atoms with Gasteiger partial charge in [-0.3, -0.25) is 0 Å². The Morgan fingerprint density at radius 1 is 1.47 bits per heavy atom. The van der Waals surface area contributed by atoms with Gasteiger partial charge in [-0.05, 0) is 30.7 Å². The molecule has 0 aromatic heterocycles. The van der Waals surface area contributed by atoms with Gasteiger partial charge in [-0.15, -0.1) is 0 Å². The third kappa shape index (κ3) is 3.18. The molecular formula is C15H20N2O2. The Morgan fingerprint density at radius 2 is 2.21 bits per heavy atom. The fraction of sp³-hybridized carbons (Fsp3) is 0.533. The van der Waals surface area contributed by atoms with Gasteiger partial charge in [0.1, 0.15) is 11.3 Å². The lowest BCUT2D eigenvalue weighted by Crippen LogP contribution is -2.45. The summed E-state index contributed by atoms with van der Waals surface area (Å²) in [6.45, 7) is 2.72. The first-order chi connectivity index (χ1) is 9.21. The average molecular weight is 260 g/mol. The highest BCUT2D eigenvalue weighted by molar-refractivity contribution is 5.50. The molecule has 1 fully saturated rings. The first-order valence-corrected chi connectivity index (χ1v) is 6.66. The minimum atomic E-state index is -0.520. The Balaban J connectivity index is 2.11. The number of nitrogens with zero attached hydrogens (tertiary/aromatic N) is 1. The van der Waals surface area contributed by atoms with Crippen LogP contribution in [0.1, 0.15) is 26.2 Å². The maximum atomic E-state index is 9.52. The molecule has 1 saturated heterocycles. The van der Waals surface area contributed by atoms with Crippen molar-refractivity contribution in [1.29, 1.82) is 5.26 Å². The van der Waals surface area contributed by atoms with Crippen LogP contribution in [-0.4, -0.2) is 25.4 Å². The van der Waals surface area contributed by atoms with Crippen LogP contribution in [0.25, 0.3) is 0 Å². The van der Waals surface area contributed by atoms with Crippen molar-refractivity contribution in [2.45, 2.75) is 37.8 Å². The Bertz CT molecular complexity index is 452. The predicted octanol–water partition coefficient (Wildman–Crippen LogP) is 2.96. The highest BCUT2D eigenvalue weighted by Gasteiger charge is 2.36. The minimum absolute atomic E-state index is 0.166. The van der Waals surface area contributed by atoms with Crippen molar-refractivity contribution in [2.24, 2.45) is 0 Å². The smallest absolute Gasteiger partial charge is 0.130 e. The zero-order valence-corrected chi connectivity index (χ0v) is 11.5. The lowest BCUT2D eigenvalue weighted by atomic mass is 9.87. The first-order valence-electron chi connectivity index (χ1n) is 6.66. The Morgan fingerprint density at radius 3 is 2.79 bits per heavy atom. The molecule has 1 heterocycles. The second-order valence-corrected chi connectivity index (χ2v) is 4.90. The van der Waals surface area contributed by atoms with Crippen LogP contribution in [0.3, 0.4) is 0 Å². The van der Waals surface area contributed by atoms with Gasteiger partial charge in [0.25, 0.3) is 0 Å². The summed E-state index contributed by atoms with van der Waals surface area (Å²) in [6, 6.07) is 10.1. The van der Waals surface area contributed by atoms with Crippen LogP contribution >= 0.6 is 0 Å². The number of benzene rings is 1. The first kappa shape index (κ1) is 13.7. The van der Waals surface area contributed by atoms with Crippen molar-refractivity contribution in [3.05, 3.63) is 24.3 Å². The molecule has 2 unspecified atom stereocenters. The molecule has 0 bridgehead atoms. The van der Waals surface area contributed by atoms with E-state index in [0.717, 1.165) is 24.3 Å². The largest absolute Gasteiger partial charge is 0.497 e. The van der Waals surface area contributed by atoms with Crippen LogP contribution in [-0.2, 0) is 4.74 Å². The van der Waals surface area contributed by atoms with Gasteiger partial charge in [0.15, 0.2) is 0 Å². The van der Waals surface area contributed by atoms with Crippen LogP contribution in [0.5, 0.6) is 5.75 Å². The molecule has 2 atom stereocenters. The van der Waals surface area contributed by atoms with Gasteiger partial charge in [-0.2, -0.15) is 5.26 Å². The van der Waals surface area contributed by atoms with Crippen LogP contribution in [0.15, 0.2) is 24.3 Å². The second kappa shape index (κ2) is 5.94. The topological polar surface area (TPSA) is 54.3 Å². The lowest BCUT2D eigenvalue weighted by molar-refractivity contribution is -0.00304. The average Bonchev–Trinajstić information content (AvgIpc) is 2.48. The van der Waals surface area contributed by atoms with E-state index in [2.05, 4.69) is 18.3 Å². The number of hydrogen-bond acceptors (Lipinski definition) is 4. The molecule has 0 aliphatic carbocycles. The highest BCUT2D eigenvalue weighted by atomic mass is 16.5. The summed E-state index contributed by atoms with van der Waals surface area (Å²) in [6.07, 6.45) is 2.55. The molecule has 0 radical (unpaired) electrons. The Kier molecular flexibility index (Phi) is 4.28. The van der Waals surface area contributed by atoms with Crippen molar-refractivity contribution in [2.75, 3.05) is 19.0 Å². The molecular weight excluding hydrogens is 240 g/mol. The van der Waals surface area contributed by atoms with Crippen molar-refractivity contribution >= 4 is 5.69 Å². The summed E-state index contributed by atoms with van der Waals surface area (Å²) in [4.78, 5) is 0. The maximum Gasteiger partial charge on any atom is 0.130 e. The molecule has 0 amide bonds. The van der Waals surface area contributed by atoms with Gasteiger partial charge in [-0.1, -0.05) is 6.92 Å². The van der Waals surface area contributed by atoms with Crippen LogP contribution in [0, 0.1) is 11.3 Å². The third-order valence-corrected chi connectivity index (χ3v) is 3.60. The van der Waals surface area contributed by atoms with E-state index in [9.17, 15) is 5.26 Å². The van der Waals surface area contributed by atoms with Gasteiger partial charge >= 0.3 is 0 Å². The fourth-order valence-electron chi connectivity index (χ4n) is 2.41. The Labute approximate surface area is 114 Å². The number of anilines is 1. The highest BCUT2D eigenvalue weighted by Crippen LogP contribution is 2.30. The molecule has 1 aromatic carbocycles. The quantitative estimate of drug-likeness (QED) is 0.904. The van der Waals surface area contributed by atoms with Crippen LogP contribution in [0.4, 0.5) is 5.69 Å². The number of methoxy groups -OCH3 is 1. The summed E-state index contributed by atoms with van der Waals surface area (Å²) < 4.78 is 10.8. The van der Waals surface area contributed by atoms with E-state index >= 15 is 0 Å². The molecule has 4 heteroatoms. The number of nitriles is 1. The summed E-state index contributed by atoms with van der Waals surface area (Å²) in [5.74, 6) is 0.815. The van der Waals surface area contributed by atoms with Gasteiger partial charge in [0, 0.05) is 18.5 Å². The van der Waals surface area contributed by atoms with Crippen LogP contribution in [0.2, 0.25) is 0 Å². The molecule has 1 aliphatic heterocycles. The van der Waals surface area contributed by atoms with Crippen molar-refractivity contribution in [3.63, 3.8) is 0 Å². The summed E-state index contributed by atoms with van der Waals surface area (Å²) >= 11 is 0. The molecule has 1 aromatic rings. The zero-order valence-electron chi connectivity index (χ0n) is 11.5. The summed E-state index contributed by atoms with van der Waals surface area (Å²) in [5.41, 5.74) is 0.423. The van der Waals surface area contributed by atoms with Crippen molar-refractivity contribution in [3.8, 4) is 11.8 Å². The van der Waals surface area contributed by atoms with Gasteiger partial charge < -0.3 is 14.8 Å². The molecule has 1 aliphatic rings. The van der Waals surface area contributed by atoms with E-state index in [0.29, 0.717) is 13.0 Å². The van der Waals surface area contributed by atoms with E-state index in [1.807, 2.05) is 24.3 Å². The van der Waals surface area contributed by atoms with Crippen molar-refractivity contribution in [1.82, 2.24) is 0 Å². The van der Waals surface area contributed by atoms with Gasteiger partial charge in [-0.25, -0.2) is 0 Å². The number of nitrogens with one attached hydrogen (secondary N) is 1. The molecule has 0 saturated carbocycles. The van der Waals surface area contributed by atoms with E-state index in [-0.39, 0.29) is 6.10 Å². The van der Waals surface area contributed by atoms with E-state index in [4.69, 9.17) is 9.47 Å². The molecule has 102 valence electrons. The summed E-state index contributed by atoms with van der Waals surface area (Å²) in [5, 5.41) is 12.9. The van der Waals surface area contributed by atoms with Crippen molar-refractivity contribution < 1.29 is 9.47 Å². The minimum Gasteiger partial charge on any atom is -0.497 e.